The van der Waals surface area contributed by atoms with Crippen LogP contribution in [0, 0.1) is 0 Å². The molecule has 1 aliphatic heterocycles. The average Bonchev–Trinajstić information content (AvgIpc) is 2.12. The summed E-state index contributed by atoms with van der Waals surface area (Å²) in [4.78, 5) is 10.0. The van der Waals surface area contributed by atoms with E-state index in [1.807, 2.05) is 0 Å². The maximum Gasteiger partial charge on any atom is 0.394 e. The van der Waals surface area contributed by atoms with E-state index in [0.717, 1.165) is 6.42 Å². The summed E-state index contributed by atoms with van der Waals surface area (Å²) in [7, 11) is -4.67. The second-order valence-corrected chi connectivity index (χ2v) is 2.67. The molecule has 7 heteroatoms. The SMILES string of the molecule is O=C1CCCO1.O=S(=O)(O)O. The van der Waals surface area contributed by atoms with Crippen molar-refractivity contribution in [2.45, 2.75) is 12.8 Å². The highest BCUT2D eigenvalue weighted by atomic mass is 32.3. The van der Waals surface area contributed by atoms with Crippen LogP contribution in [-0.2, 0) is 19.9 Å². The summed E-state index contributed by atoms with van der Waals surface area (Å²) in [5, 5.41) is 0. The van der Waals surface area contributed by atoms with Crippen LogP contribution in [0.25, 0.3) is 0 Å². The highest BCUT2D eigenvalue weighted by Gasteiger charge is 2.08. The summed E-state index contributed by atoms with van der Waals surface area (Å²) in [6, 6.07) is 0. The van der Waals surface area contributed by atoms with Crippen LogP contribution in [0.4, 0.5) is 0 Å². The van der Waals surface area contributed by atoms with Crippen molar-refractivity contribution >= 4 is 16.4 Å². The van der Waals surface area contributed by atoms with Crippen LogP contribution in [0.5, 0.6) is 0 Å². The molecule has 2 N–H and O–H groups in total. The molecule has 1 saturated heterocycles. The van der Waals surface area contributed by atoms with Crippen LogP contribution in [0.3, 0.4) is 0 Å². The van der Waals surface area contributed by atoms with Crippen LogP contribution in [-0.4, -0.2) is 30.1 Å². The van der Waals surface area contributed by atoms with Gasteiger partial charge in [-0.3, -0.25) is 13.9 Å². The Morgan fingerprint density at radius 2 is 1.82 bits per heavy atom. The first-order valence-electron chi connectivity index (χ1n) is 2.75. The lowest BCUT2D eigenvalue weighted by Gasteiger charge is -1.81. The fourth-order valence-electron chi connectivity index (χ4n) is 0.475. The fourth-order valence-corrected chi connectivity index (χ4v) is 0.475. The lowest BCUT2D eigenvalue weighted by molar-refractivity contribution is -0.137. The Balaban J connectivity index is 0.000000187. The molecule has 1 heterocycles. The van der Waals surface area contributed by atoms with E-state index in [2.05, 4.69) is 4.74 Å². The smallest absolute Gasteiger partial charge is 0.394 e. The Bertz CT molecular complexity index is 201. The fraction of sp³-hybridized carbons (Fsp3) is 0.750. The van der Waals surface area contributed by atoms with E-state index in [4.69, 9.17) is 17.5 Å². The lowest BCUT2D eigenvalue weighted by atomic mass is 10.4. The number of carbonyl (C=O) groups excluding carboxylic acids is 1. The Labute approximate surface area is 63.7 Å². The number of hydrogen-bond acceptors (Lipinski definition) is 4. The molecule has 6 nitrogen and oxygen atoms in total. The summed E-state index contributed by atoms with van der Waals surface area (Å²) >= 11 is 0. The highest BCUT2D eigenvalue weighted by molar-refractivity contribution is 7.79. The van der Waals surface area contributed by atoms with Gasteiger partial charge in [-0.25, -0.2) is 0 Å². The Kier molecular flexibility index (Phi) is 4.01. The number of hydrogen-bond donors (Lipinski definition) is 2. The minimum atomic E-state index is -4.67. The maximum absolute atomic E-state index is 10.0. The zero-order chi connectivity index (χ0) is 8.91. The van der Waals surface area contributed by atoms with Crippen molar-refractivity contribution in [1.29, 1.82) is 0 Å². The van der Waals surface area contributed by atoms with Gasteiger partial charge in [-0.15, -0.1) is 0 Å². The Morgan fingerprint density at radius 1 is 1.36 bits per heavy atom. The number of rotatable bonds is 0. The van der Waals surface area contributed by atoms with Crippen LogP contribution in [0.2, 0.25) is 0 Å². The van der Waals surface area contributed by atoms with Crippen molar-refractivity contribution in [3.8, 4) is 0 Å². The summed E-state index contributed by atoms with van der Waals surface area (Å²) in [6.45, 7) is 0.638. The summed E-state index contributed by atoms with van der Waals surface area (Å²) in [5.41, 5.74) is 0. The van der Waals surface area contributed by atoms with Crippen molar-refractivity contribution in [2.75, 3.05) is 6.61 Å². The van der Waals surface area contributed by atoms with Crippen LogP contribution in [0.1, 0.15) is 12.8 Å². The van der Waals surface area contributed by atoms with Gasteiger partial charge in [0.2, 0.25) is 0 Å². The van der Waals surface area contributed by atoms with Gasteiger partial charge in [-0.05, 0) is 6.42 Å². The van der Waals surface area contributed by atoms with E-state index in [9.17, 15) is 4.79 Å². The Morgan fingerprint density at radius 3 is 1.91 bits per heavy atom. The predicted octanol–water partition coefficient (Wildman–Crippen LogP) is -0.329. The molecule has 0 radical (unpaired) electrons. The number of ether oxygens (including phenoxy) is 1. The predicted molar refractivity (Wildman–Crippen MR) is 34.4 cm³/mol. The standard InChI is InChI=1S/C4H6O2.H2O4S/c5-4-2-1-3-6-4;1-5(2,3)4/h1-3H2;(H2,1,2,3,4). The largest absolute Gasteiger partial charge is 0.466 e. The lowest BCUT2D eigenvalue weighted by Crippen LogP contribution is -1.89. The van der Waals surface area contributed by atoms with Gasteiger partial charge in [0.25, 0.3) is 0 Å². The maximum atomic E-state index is 10.0. The van der Waals surface area contributed by atoms with Crippen LogP contribution < -0.4 is 0 Å². The highest BCUT2D eigenvalue weighted by Crippen LogP contribution is 2.01. The number of esters is 1. The summed E-state index contributed by atoms with van der Waals surface area (Å²) in [6.07, 6.45) is 1.54. The average molecular weight is 184 g/mol. The zero-order valence-electron chi connectivity index (χ0n) is 5.56. The molecule has 1 aliphatic rings. The summed E-state index contributed by atoms with van der Waals surface area (Å²) < 4.78 is 36.1. The molecule has 0 aromatic carbocycles. The van der Waals surface area contributed by atoms with Crippen molar-refractivity contribution in [3.63, 3.8) is 0 Å². The monoisotopic (exact) mass is 184 g/mol. The van der Waals surface area contributed by atoms with Crippen molar-refractivity contribution in [3.05, 3.63) is 0 Å². The van der Waals surface area contributed by atoms with E-state index < -0.39 is 10.4 Å². The molecular weight excluding hydrogens is 176 g/mol. The van der Waals surface area contributed by atoms with Crippen LogP contribution >= 0.6 is 0 Å². The van der Waals surface area contributed by atoms with E-state index >= 15 is 0 Å². The second-order valence-electron chi connectivity index (χ2n) is 1.77. The van der Waals surface area contributed by atoms with Gasteiger partial charge in [-0.1, -0.05) is 0 Å². The van der Waals surface area contributed by atoms with Gasteiger partial charge in [0.1, 0.15) is 0 Å². The first kappa shape index (κ1) is 10.3. The summed E-state index contributed by atoms with van der Waals surface area (Å²) in [5.74, 6) is -0.0463. The molecule has 0 spiro atoms. The first-order chi connectivity index (χ1) is 4.89. The number of cyclic esters (lactones) is 1. The van der Waals surface area contributed by atoms with Crippen molar-refractivity contribution < 1.29 is 27.1 Å². The molecule has 0 atom stereocenters. The minimum absolute atomic E-state index is 0.0463. The van der Waals surface area contributed by atoms with Gasteiger partial charge < -0.3 is 4.74 Å². The van der Waals surface area contributed by atoms with Gasteiger partial charge in [0.15, 0.2) is 0 Å². The number of carbonyl (C=O) groups is 1. The zero-order valence-corrected chi connectivity index (χ0v) is 6.37. The first-order valence-corrected chi connectivity index (χ1v) is 4.15. The third kappa shape index (κ3) is 12.5. The quantitative estimate of drug-likeness (QED) is 0.395. The molecule has 1 rings (SSSR count). The molecule has 0 bridgehead atoms. The molecule has 11 heavy (non-hydrogen) atoms. The van der Waals surface area contributed by atoms with Gasteiger partial charge in [0, 0.05) is 6.42 Å². The second kappa shape index (κ2) is 4.27. The topological polar surface area (TPSA) is 101 Å². The van der Waals surface area contributed by atoms with Gasteiger partial charge in [0.05, 0.1) is 6.61 Å². The molecule has 0 aromatic rings. The van der Waals surface area contributed by atoms with Gasteiger partial charge in [-0.2, -0.15) is 8.42 Å². The van der Waals surface area contributed by atoms with E-state index in [1.54, 1.807) is 0 Å². The van der Waals surface area contributed by atoms with E-state index in [0.29, 0.717) is 13.0 Å². The molecule has 1 fully saturated rings. The molecule has 0 aliphatic carbocycles. The normalized spacial score (nSPS) is 16.7. The third-order valence-electron chi connectivity index (χ3n) is 0.788. The van der Waals surface area contributed by atoms with E-state index in [-0.39, 0.29) is 5.97 Å². The third-order valence-corrected chi connectivity index (χ3v) is 0.788. The van der Waals surface area contributed by atoms with Crippen molar-refractivity contribution in [1.82, 2.24) is 0 Å². The molecular formula is C4H8O6S. The van der Waals surface area contributed by atoms with Crippen LogP contribution in [0.15, 0.2) is 0 Å². The Hall–Kier alpha value is -0.660. The van der Waals surface area contributed by atoms with Gasteiger partial charge >= 0.3 is 16.4 Å². The molecule has 0 aromatic heterocycles. The van der Waals surface area contributed by atoms with E-state index in [1.165, 1.54) is 0 Å². The molecule has 0 unspecified atom stereocenters. The molecule has 66 valence electrons. The molecule has 0 saturated carbocycles. The minimum Gasteiger partial charge on any atom is -0.466 e. The van der Waals surface area contributed by atoms with Crippen molar-refractivity contribution in [2.24, 2.45) is 0 Å². The molecule has 0 amide bonds.